The van der Waals surface area contributed by atoms with E-state index in [4.69, 9.17) is 14.2 Å². The van der Waals surface area contributed by atoms with Crippen LogP contribution >= 0.6 is 0 Å². The summed E-state index contributed by atoms with van der Waals surface area (Å²) in [5.74, 6) is 0.581. The molecule has 0 amide bonds. The number of ether oxygens (including phenoxy) is 3. The lowest BCUT2D eigenvalue weighted by molar-refractivity contribution is -0.160. The number of esters is 1. The maximum Gasteiger partial charge on any atom is 0.312 e. The first-order valence-corrected chi connectivity index (χ1v) is 10.5. The van der Waals surface area contributed by atoms with Crippen LogP contribution in [0.1, 0.15) is 71.7 Å². The summed E-state index contributed by atoms with van der Waals surface area (Å²) in [5.41, 5.74) is 0.680. The largest absolute Gasteiger partial charge is 0.465 e. The summed E-state index contributed by atoms with van der Waals surface area (Å²) in [5, 5.41) is 0. The molecule has 0 radical (unpaired) electrons. The third-order valence-electron chi connectivity index (χ3n) is 6.47. The molecule has 1 aromatic carbocycles. The van der Waals surface area contributed by atoms with Gasteiger partial charge in [0.2, 0.25) is 0 Å². The van der Waals surface area contributed by atoms with E-state index in [1.54, 1.807) is 0 Å². The van der Waals surface area contributed by atoms with Crippen molar-refractivity contribution in [2.75, 3.05) is 6.61 Å². The molecule has 5 unspecified atom stereocenters. The van der Waals surface area contributed by atoms with Gasteiger partial charge >= 0.3 is 5.97 Å². The van der Waals surface area contributed by atoms with Crippen LogP contribution < -0.4 is 0 Å². The summed E-state index contributed by atoms with van der Waals surface area (Å²) in [4.78, 5) is 12.7. The predicted molar refractivity (Wildman–Crippen MR) is 105 cm³/mol. The lowest BCUT2D eigenvalue weighted by Crippen LogP contribution is -2.37. The Bertz CT molecular complexity index is 614. The summed E-state index contributed by atoms with van der Waals surface area (Å²) in [6.45, 7) is 8.87. The van der Waals surface area contributed by atoms with Crippen molar-refractivity contribution in [2.24, 2.45) is 17.3 Å². The van der Waals surface area contributed by atoms with Crippen molar-refractivity contribution in [2.45, 2.75) is 78.3 Å². The van der Waals surface area contributed by atoms with Gasteiger partial charge in [0.05, 0.1) is 24.2 Å². The van der Waals surface area contributed by atoms with Gasteiger partial charge in [-0.1, -0.05) is 57.5 Å². The van der Waals surface area contributed by atoms with E-state index < -0.39 is 5.41 Å². The Morgan fingerprint density at radius 2 is 1.89 bits per heavy atom. The zero-order valence-electron chi connectivity index (χ0n) is 17.1. The van der Waals surface area contributed by atoms with Crippen molar-refractivity contribution >= 4 is 5.97 Å². The molecule has 1 saturated heterocycles. The third-order valence-corrected chi connectivity index (χ3v) is 6.47. The second-order valence-electron chi connectivity index (χ2n) is 8.69. The second-order valence-corrected chi connectivity index (χ2v) is 8.69. The van der Waals surface area contributed by atoms with Crippen molar-refractivity contribution < 1.29 is 19.0 Å². The molecular formula is C23H34O4. The Hall–Kier alpha value is -1.39. The summed E-state index contributed by atoms with van der Waals surface area (Å²) in [6.07, 6.45) is 4.72. The predicted octanol–water partition coefficient (Wildman–Crippen LogP) is 5.27. The zero-order chi connectivity index (χ0) is 19.4. The van der Waals surface area contributed by atoms with Crippen molar-refractivity contribution in [3.05, 3.63) is 35.9 Å². The number of hydrogen-bond donors (Lipinski definition) is 0. The molecule has 27 heavy (non-hydrogen) atoms. The van der Waals surface area contributed by atoms with E-state index >= 15 is 0 Å². The molecule has 1 aromatic rings. The molecule has 0 spiro atoms. The Labute approximate surface area is 163 Å². The van der Waals surface area contributed by atoms with Gasteiger partial charge in [0.1, 0.15) is 0 Å². The van der Waals surface area contributed by atoms with Gasteiger partial charge in [0.15, 0.2) is 6.29 Å². The van der Waals surface area contributed by atoms with Gasteiger partial charge in [-0.2, -0.15) is 0 Å². The molecule has 0 N–H and O–H groups in total. The van der Waals surface area contributed by atoms with Crippen LogP contribution in [0.4, 0.5) is 0 Å². The monoisotopic (exact) mass is 374 g/mol. The number of carbonyl (C=O) groups is 1. The molecule has 3 rings (SSSR count). The van der Waals surface area contributed by atoms with E-state index in [2.05, 4.69) is 20.8 Å². The summed E-state index contributed by atoms with van der Waals surface area (Å²) >= 11 is 0. The van der Waals surface area contributed by atoms with E-state index in [-0.39, 0.29) is 30.4 Å². The van der Waals surface area contributed by atoms with Crippen molar-refractivity contribution in [1.82, 2.24) is 0 Å². The van der Waals surface area contributed by atoms with Crippen LogP contribution in [0.25, 0.3) is 0 Å². The fourth-order valence-electron chi connectivity index (χ4n) is 4.26. The SMILES string of the molecule is CCCC(C)(C(=O)OCC1CCC2OC(c3ccccc3)OC2C1)C(C)C. The van der Waals surface area contributed by atoms with E-state index in [0.717, 1.165) is 37.7 Å². The van der Waals surface area contributed by atoms with Gasteiger partial charge in [-0.3, -0.25) is 4.79 Å². The Kier molecular flexibility index (Phi) is 6.59. The molecule has 150 valence electrons. The summed E-state index contributed by atoms with van der Waals surface area (Å²) in [7, 11) is 0. The number of rotatable bonds is 7. The van der Waals surface area contributed by atoms with Crippen LogP contribution in [-0.2, 0) is 19.0 Å². The molecule has 2 aliphatic rings. The van der Waals surface area contributed by atoms with E-state index in [9.17, 15) is 4.79 Å². The average Bonchev–Trinajstić information content (AvgIpc) is 3.10. The highest BCUT2D eigenvalue weighted by atomic mass is 16.7. The van der Waals surface area contributed by atoms with Crippen LogP contribution in [0.5, 0.6) is 0 Å². The van der Waals surface area contributed by atoms with Gasteiger partial charge in [0.25, 0.3) is 0 Å². The zero-order valence-corrected chi connectivity index (χ0v) is 17.1. The van der Waals surface area contributed by atoms with E-state index in [1.165, 1.54) is 0 Å². The molecule has 1 heterocycles. The van der Waals surface area contributed by atoms with Crippen molar-refractivity contribution in [3.63, 3.8) is 0 Å². The van der Waals surface area contributed by atoms with Gasteiger partial charge in [-0.15, -0.1) is 0 Å². The molecular weight excluding hydrogens is 340 g/mol. The minimum atomic E-state index is -0.392. The first-order chi connectivity index (χ1) is 12.9. The maximum absolute atomic E-state index is 12.7. The second kappa shape index (κ2) is 8.74. The first-order valence-electron chi connectivity index (χ1n) is 10.5. The van der Waals surface area contributed by atoms with E-state index in [0.29, 0.717) is 12.5 Å². The van der Waals surface area contributed by atoms with Crippen LogP contribution in [0, 0.1) is 17.3 Å². The third kappa shape index (κ3) is 4.55. The maximum atomic E-state index is 12.7. The molecule has 2 fully saturated rings. The molecule has 4 heteroatoms. The highest BCUT2D eigenvalue weighted by Gasteiger charge is 2.42. The molecule has 4 nitrogen and oxygen atoms in total. The molecule has 1 aliphatic carbocycles. The summed E-state index contributed by atoms with van der Waals surface area (Å²) in [6, 6.07) is 10.1. The van der Waals surface area contributed by atoms with Gasteiger partial charge in [-0.25, -0.2) is 0 Å². The number of hydrogen-bond acceptors (Lipinski definition) is 4. The van der Waals surface area contributed by atoms with Crippen LogP contribution in [0.3, 0.4) is 0 Å². The topological polar surface area (TPSA) is 44.8 Å². The summed E-state index contributed by atoms with van der Waals surface area (Å²) < 4.78 is 18.1. The first kappa shape index (κ1) is 20.3. The molecule has 1 saturated carbocycles. The standard InChI is InChI=1S/C23H34O4/c1-5-13-23(4,16(2)3)22(24)25-15-17-11-12-19-20(14-17)27-21(26-19)18-9-7-6-8-10-18/h6-10,16-17,19-21H,5,11-15H2,1-4H3. The Morgan fingerprint density at radius 3 is 2.56 bits per heavy atom. The number of benzene rings is 1. The number of carbonyl (C=O) groups excluding carboxylic acids is 1. The van der Waals surface area contributed by atoms with Gasteiger partial charge < -0.3 is 14.2 Å². The fraction of sp³-hybridized carbons (Fsp3) is 0.696. The molecule has 1 aliphatic heterocycles. The quantitative estimate of drug-likeness (QED) is 0.610. The number of fused-ring (bicyclic) bond motifs is 1. The average molecular weight is 375 g/mol. The van der Waals surface area contributed by atoms with Crippen LogP contribution in [0.15, 0.2) is 30.3 Å². The normalized spacial score (nSPS) is 30.0. The van der Waals surface area contributed by atoms with Gasteiger partial charge in [-0.05, 0) is 44.4 Å². The smallest absolute Gasteiger partial charge is 0.312 e. The fourth-order valence-corrected chi connectivity index (χ4v) is 4.26. The highest BCUT2D eigenvalue weighted by Crippen LogP contribution is 2.41. The lowest BCUT2D eigenvalue weighted by atomic mass is 9.75. The minimum absolute atomic E-state index is 0.0489. The minimum Gasteiger partial charge on any atom is -0.465 e. The van der Waals surface area contributed by atoms with Gasteiger partial charge in [0, 0.05) is 5.56 Å². The van der Waals surface area contributed by atoms with E-state index in [1.807, 2.05) is 37.3 Å². The highest BCUT2D eigenvalue weighted by molar-refractivity contribution is 5.76. The lowest BCUT2D eigenvalue weighted by Gasteiger charge is -2.33. The van der Waals surface area contributed by atoms with Crippen LogP contribution in [0.2, 0.25) is 0 Å². The molecule has 0 bridgehead atoms. The molecule has 5 atom stereocenters. The van der Waals surface area contributed by atoms with Crippen molar-refractivity contribution in [1.29, 1.82) is 0 Å². The van der Waals surface area contributed by atoms with Crippen LogP contribution in [-0.4, -0.2) is 24.8 Å². The molecule has 0 aromatic heterocycles. The Morgan fingerprint density at radius 1 is 1.19 bits per heavy atom. The Balaban J connectivity index is 1.52. The van der Waals surface area contributed by atoms with Crippen molar-refractivity contribution in [3.8, 4) is 0 Å².